The van der Waals surface area contributed by atoms with Gasteiger partial charge in [-0.05, 0) is 20.3 Å². The molecule has 1 N–H and O–H groups in total. The Kier molecular flexibility index (Phi) is 5.18. The maximum absolute atomic E-state index is 5.58. The SMILES string of the molecule is CCOc1cc(NCCCCl)nc(C)n1. The van der Waals surface area contributed by atoms with Crippen LogP contribution in [-0.4, -0.2) is 29.0 Å². The third-order valence-electron chi connectivity index (χ3n) is 1.72. The Morgan fingerprint density at radius 2 is 2.27 bits per heavy atom. The van der Waals surface area contributed by atoms with Crippen molar-refractivity contribution < 1.29 is 4.74 Å². The molecule has 0 bridgehead atoms. The molecular weight excluding hydrogens is 214 g/mol. The van der Waals surface area contributed by atoms with Gasteiger partial charge in [0.25, 0.3) is 0 Å². The molecule has 0 aliphatic carbocycles. The Bertz CT molecular complexity index is 307. The Morgan fingerprint density at radius 1 is 1.47 bits per heavy atom. The van der Waals surface area contributed by atoms with Crippen molar-refractivity contribution in [1.29, 1.82) is 0 Å². The van der Waals surface area contributed by atoms with Gasteiger partial charge in [-0.15, -0.1) is 11.6 Å². The highest BCUT2D eigenvalue weighted by Crippen LogP contribution is 2.13. The van der Waals surface area contributed by atoms with Crippen LogP contribution >= 0.6 is 11.6 Å². The lowest BCUT2D eigenvalue weighted by Crippen LogP contribution is -2.06. The quantitative estimate of drug-likeness (QED) is 0.600. The number of nitrogens with one attached hydrogen (secondary N) is 1. The number of alkyl halides is 1. The Morgan fingerprint density at radius 3 is 2.93 bits per heavy atom. The van der Waals surface area contributed by atoms with Crippen molar-refractivity contribution in [2.75, 3.05) is 24.3 Å². The van der Waals surface area contributed by atoms with Crippen LogP contribution in [-0.2, 0) is 0 Å². The molecular formula is C10H16ClN3O. The van der Waals surface area contributed by atoms with Crippen molar-refractivity contribution in [3.8, 4) is 5.88 Å². The van der Waals surface area contributed by atoms with Crippen molar-refractivity contribution in [3.05, 3.63) is 11.9 Å². The molecule has 1 rings (SSSR count). The molecule has 0 aromatic carbocycles. The Balaban J connectivity index is 2.62. The average molecular weight is 230 g/mol. The molecule has 1 aromatic heterocycles. The van der Waals surface area contributed by atoms with E-state index < -0.39 is 0 Å². The predicted octanol–water partition coefficient (Wildman–Crippen LogP) is 2.22. The van der Waals surface area contributed by atoms with Crippen LogP contribution in [0.25, 0.3) is 0 Å². The number of aryl methyl sites for hydroxylation is 1. The number of nitrogens with zero attached hydrogens (tertiary/aromatic N) is 2. The smallest absolute Gasteiger partial charge is 0.218 e. The monoisotopic (exact) mass is 229 g/mol. The summed E-state index contributed by atoms with van der Waals surface area (Å²) in [6.07, 6.45) is 0.911. The lowest BCUT2D eigenvalue weighted by molar-refractivity contribution is 0.325. The Hall–Kier alpha value is -1.03. The molecule has 5 heteroatoms. The van der Waals surface area contributed by atoms with Crippen molar-refractivity contribution in [3.63, 3.8) is 0 Å². The van der Waals surface area contributed by atoms with Crippen molar-refractivity contribution >= 4 is 17.4 Å². The summed E-state index contributed by atoms with van der Waals surface area (Å²) < 4.78 is 5.32. The summed E-state index contributed by atoms with van der Waals surface area (Å²) >= 11 is 5.58. The number of anilines is 1. The lowest BCUT2D eigenvalue weighted by atomic mass is 10.4. The van der Waals surface area contributed by atoms with Crippen LogP contribution in [0.3, 0.4) is 0 Å². The molecule has 0 fully saturated rings. The third-order valence-corrected chi connectivity index (χ3v) is 1.99. The molecule has 1 heterocycles. The molecule has 4 nitrogen and oxygen atoms in total. The van der Waals surface area contributed by atoms with E-state index in [4.69, 9.17) is 16.3 Å². The molecule has 0 radical (unpaired) electrons. The van der Waals surface area contributed by atoms with E-state index in [0.29, 0.717) is 24.2 Å². The van der Waals surface area contributed by atoms with Crippen molar-refractivity contribution in [2.45, 2.75) is 20.3 Å². The highest BCUT2D eigenvalue weighted by molar-refractivity contribution is 6.17. The third kappa shape index (κ3) is 4.34. The minimum absolute atomic E-state index is 0.609. The van der Waals surface area contributed by atoms with Crippen molar-refractivity contribution in [1.82, 2.24) is 9.97 Å². The van der Waals surface area contributed by atoms with E-state index in [9.17, 15) is 0 Å². The van der Waals surface area contributed by atoms with E-state index in [1.807, 2.05) is 13.8 Å². The first-order valence-corrected chi connectivity index (χ1v) is 5.58. The number of ether oxygens (including phenoxy) is 1. The first kappa shape index (κ1) is 12.0. The predicted molar refractivity (Wildman–Crippen MR) is 61.8 cm³/mol. The van der Waals surface area contributed by atoms with Gasteiger partial charge in [0.15, 0.2) is 0 Å². The van der Waals surface area contributed by atoms with Gasteiger partial charge in [0, 0.05) is 18.5 Å². The molecule has 84 valence electrons. The van der Waals surface area contributed by atoms with Crippen LogP contribution in [0.2, 0.25) is 0 Å². The van der Waals surface area contributed by atoms with Gasteiger partial charge in [-0.3, -0.25) is 0 Å². The highest BCUT2D eigenvalue weighted by atomic mass is 35.5. The summed E-state index contributed by atoms with van der Waals surface area (Å²) in [6.45, 7) is 5.19. The number of hydrogen-bond donors (Lipinski definition) is 1. The van der Waals surface area contributed by atoms with Crippen LogP contribution in [0.15, 0.2) is 6.07 Å². The number of halogens is 1. The van der Waals surface area contributed by atoms with Gasteiger partial charge in [0.1, 0.15) is 11.6 Å². The average Bonchev–Trinajstić information content (AvgIpc) is 2.18. The topological polar surface area (TPSA) is 47.0 Å². The summed E-state index contributed by atoms with van der Waals surface area (Å²) in [5.74, 6) is 2.75. The second-order valence-electron chi connectivity index (χ2n) is 3.04. The largest absolute Gasteiger partial charge is 0.478 e. The van der Waals surface area contributed by atoms with Crippen LogP contribution in [0.1, 0.15) is 19.2 Å². The number of rotatable bonds is 6. The second-order valence-corrected chi connectivity index (χ2v) is 3.42. The standard InChI is InChI=1S/C10H16ClN3O/c1-3-15-10-7-9(12-6-4-5-11)13-8(2)14-10/h7H,3-6H2,1-2H3,(H,12,13,14). The van der Waals surface area contributed by atoms with Crippen LogP contribution in [0.5, 0.6) is 5.88 Å². The van der Waals surface area contributed by atoms with Gasteiger partial charge >= 0.3 is 0 Å². The zero-order valence-corrected chi connectivity index (χ0v) is 9.84. The first-order valence-electron chi connectivity index (χ1n) is 5.04. The molecule has 0 saturated carbocycles. The summed E-state index contributed by atoms with van der Waals surface area (Å²) in [5.41, 5.74) is 0. The van der Waals surface area contributed by atoms with Gasteiger partial charge < -0.3 is 10.1 Å². The summed E-state index contributed by atoms with van der Waals surface area (Å²) in [4.78, 5) is 8.40. The fraction of sp³-hybridized carbons (Fsp3) is 0.600. The van der Waals surface area contributed by atoms with E-state index in [2.05, 4.69) is 15.3 Å². The molecule has 0 aliphatic heterocycles. The van der Waals surface area contributed by atoms with Gasteiger partial charge in [-0.1, -0.05) is 0 Å². The molecule has 0 unspecified atom stereocenters. The summed E-state index contributed by atoms with van der Waals surface area (Å²) in [5, 5.41) is 3.17. The summed E-state index contributed by atoms with van der Waals surface area (Å²) in [7, 11) is 0. The normalized spacial score (nSPS) is 10.1. The van der Waals surface area contributed by atoms with E-state index in [-0.39, 0.29) is 0 Å². The first-order chi connectivity index (χ1) is 7.26. The van der Waals surface area contributed by atoms with E-state index in [1.54, 1.807) is 6.07 Å². The second kappa shape index (κ2) is 6.45. The zero-order valence-electron chi connectivity index (χ0n) is 9.09. The fourth-order valence-electron chi connectivity index (χ4n) is 1.14. The molecule has 0 aliphatic rings. The maximum atomic E-state index is 5.58. The van der Waals surface area contributed by atoms with Crippen LogP contribution in [0.4, 0.5) is 5.82 Å². The molecule has 0 spiro atoms. The zero-order chi connectivity index (χ0) is 11.1. The summed E-state index contributed by atoms with van der Waals surface area (Å²) in [6, 6.07) is 1.80. The van der Waals surface area contributed by atoms with Crippen LogP contribution in [0, 0.1) is 6.92 Å². The molecule has 1 aromatic rings. The van der Waals surface area contributed by atoms with E-state index in [0.717, 1.165) is 18.8 Å². The number of hydrogen-bond acceptors (Lipinski definition) is 4. The molecule has 0 amide bonds. The van der Waals surface area contributed by atoms with Gasteiger partial charge in [0.2, 0.25) is 5.88 Å². The molecule has 0 atom stereocenters. The maximum Gasteiger partial charge on any atom is 0.218 e. The molecule has 0 saturated heterocycles. The highest BCUT2D eigenvalue weighted by Gasteiger charge is 2.01. The Labute approximate surface area is 95.0 Å². The van der Waals surface area contributed by atoms with Gasteiger partial charge in [-0.25, -0.2) is 4.98 Å². The minimum Gasteiger partial charge on any atom is -0.478 e. The lowest BCUT2D eigenvalue weighted by Gasteiger charge is -2.07. The molecule has 15 heavy (non-hydrogen) atoms. The van der Waals surface area contributed by atoms with E-state index >= 15 is 0 Å². The van der Waals surface area contributed by atoms with Crippen LogP contribution < -0.4 is 10.1 Å². The van der Waals surface area contributed by atoms with Gasteiger partial charge in [-0.2, -0.15) is 4.98 Å². The van der Waals surface area contributed by atoms with Gasteiger partial charge in [0.05, 0.1) is 6.61 Å². The minimum atomic E-state index is 0.609. The fourth-order valence-corrected chi connectivity index (χ4v) is 1.27. The van der Waals surface area contributed by atoms with E-state index in [1.165, 1.54) is 0 Å². The number of aromatic nitrogens is 2. The van der Waals surface area contributed by atoms with Crippen molar-refractivity contribution in [2.24, 2.45) is 0 Å².